The Balaban J connectivity index is 1.64. The summed E-state index contributed by atoms with van der Waals surface area (Å²) in [6.45, 7) is 2.72. The van der Waals surface area contributed by atoms with Gasteiger partial charge in [0.2, 0.25) is 5.91 Å². The van der Waals surface area contributed by atoms with Gasteiger partial charge in [-0.25, -0.2) is 4.57 Å². The maximum absolute atomic E-state index is 11.6. The van der Waals surface area contributed by atoms with E-state index in [9.17, 15) is 4.79 Å². The first-order chi connectivity index (χ1) is 9.24. The van der Waals surface area contributed by atoms with Gasteiger partial charge in [-0.15, -0.1) is 0 Å². The van der Waals surface area contributed by atoms with Gasteiger partial charge in [-0.3, -0.25) is 4.79 Å². The third-order valence-electron chi connectivity index (χ3n) is 2.74. The molecule has 0 unspecified atom stereocenters. The second-order valence-corrected chi connectivity index (χ2v) is 4.44. The number of hydrogen-bond donors (Lipinski definition) is 1. The van der Waals surface area contributed by atoms with Crippen molar-refractivity contribution in [1.29, 1.82) is 0 Å². The maximum atomic E-state index is 11.6. The van der Waals surface area contributed by atoms with Gasteiger partial charge in [-0.05, 0) is 13.3 Å². The SMILES string of the molecule is Cc1cc(NC(=O)CCCC[n+]2ccccc2)no1. The average molecular weight is 260 g/mol. The molecule has 0 saturated carbocycles. The predicted molar refractivity (Wildman–Crippen MR) is 70.4 cm³/mol. The van der Waals surface area contributed by atoms with Gasteiger partial charge < -0.3 is 9.84 Å². The van der Waals surface area contributed by atoms with Crippen molar-refractivity contribution in [3.05, 3.63) is 42.4 Å². The normalized spacial score (nSPS) is 10.4. The van der Waals surface area contributed by atoms with Crippen molar-refractivity contribution < 1.29 is 13.9 Å². The predicted octanol–water partition coefficient (Wildman–Crippen LogP) is 2.08. The van der Waals surface area contributed by atoms with E-state index >= 15 is 0 Å². The number of anilines is 1. The molecular formula is C14H18N3O2+. The zero-order chi connectivity index (χ0) is 13.5. The molecule has 0 aliphatic rings. The lowest BCUT2D eigenvalue weighted by Crippen LogP contribution is -2.32. The van der Waals surface area contributed by atoms with Crippen LogP contribution in [0.25, 0.3) is 0 Å². The Morgan fingerprint density at radius 3 is 2.79 bits per heavy atom. The largest absolute Gasteiger partial charge is 0.360 e. The molecule has 0 atom stereocenters. The number of nitrogens with zero attached hydrogens (tertiary/aromatic N) is 2. The minimum atomic E-state index is -0.0219. The van der Waals surface area contributed by atoms with Gasteiger partial charge in [-0.1, -0.05) is 11.2 Å². The van der Waals surface area contributed by atoms with Crippen LogP contribution in [-0.2, 0) is 11.3 Å². The van der Waals surface area contributed by atoms with Gasteiger partial charge in [-0.2, -0.15) is 0 Å². The molecule has 0 saturated heterocycles. The highest BCUT2D eigenvalue weighted by atomic mass is 16.5. The van der Waals surface area contributed by atoms with E-state index < -0.39 is 0 Å². The number of pyridine rings is 1. The van der Waals surface area contributed by atoms with E-state index in [4.69, 9.17) is 4.52 Å². The van der Waals surface area contributed by atoms with Gasteiger partial charge in [0.25, 0.3) is 0 Å². The molecule has 0 spiro atoms. The van der Waals surface area contributed by atoms with Crippen molar-refractivity contribution in [2.45, 2.75) is 32.7 Å². The summed E-state index contributed by atoms with van der Waals surface area (Å²) in [5.41, 5.74) is 0. The zero-order valence-corrected chi connectivity index (χ0v) is 11.0. The lowest BCUT2D eigenvalue weighted by atomic mass is 10.2. The number of unbranched alkanes of at least 4 members (excludes halogenated alkanes) is 1. The van der Waals surface area contributed by atoms with E-state index in [1.165, 1.54) is 0 Å². The Hall–Kier alpha value is -2.17. The Morgan fingerprint density at radius 2 is 2.11 bits per heavy atom. The van der Waals surface area contributed by atoms with E-state index in [0.717, 1.165) is 19.4 Å². The van der Waals surface area contributed by atoms with Crippen LogP contribution in [0, 0.1) is 6.92 Å². The molecule has 2 aromatic heterocycles. The number of amides is 1. The molecule has 5 heteroatoms. The van der Waals surface area contributed by atoms with Crippen LogP contribution < -0.4 is 9.88 Å². The summed E-state index contributed by atoms with van der Waals surface area (Å²) in [5, 5.41) is 6.43. The molecule has 0 bridgehead atoms. The molecule has 1 N–H and O–H groups in total. The van der Waals surface area contributed by atoms with Crippen LogP contribution >= 0.6 is 0 Å². The van der Waals surface area contributed by atoms with Gasteiger partial charge in [0.05, 0.1) is 0 Å². The molecule has 0 aromatic carbocycles. The first kappa shape index (κ1) is 13.3. The summed E-state index contributed by atoms with van der Waals surface area (Å²) < 4.78 is 6.99. The van der Waals surface area contributed by atoms with Crippen LogP contribution in [0.5, 0.6) is 0 Å². The minimum absolute atomic E-state index is 0.0219. The van der Waals surface area contributed by atoms with Crippen LogP contribution in [-0.4, -0.2) is 11.1 Å². The molecule has 2 rings (SSSR count). The van der Waals surface area contributed by atoms with Crippen molar-refractivity contribution in [3.8, 4) is 0 Å². The van der Waals surface area contributed by atoms with Crippen molar-refractivity contribution in [2.75, 3.05) is 5.32 Å². The van der Waals surface area contributed by atoms with Crippen molar-refractivity contribution >= 4 is 11.7 Å². The molecule has 0 radical (unpaired) electrons. The van der Waals surface area contributed by atoms with Gasteiger partial charge in [0.1, 0.15) is 12.3 Å². The first-order valence-electron chi connectivity index (χ1n) is 6.41. The molecule has 0 aliphatic heterocycles. The number of aromatic nitrogens is 2. The Bertz CT molecular complexity index is 522. The van der Waals surface area contributed by atoms with Crippen LogP contribution in [0.2, 0.25) is 0 Å². The maximum Gasteiger partial charge on any atom is 0.225 e. The van der Waals surface area contributed by atoms with E-state index in [-0.39, 0.29) is 5.91 Å². The first-order valence-corrected chi connectivity index (χ1v) is 6.41. The molecular weight excluding hydrogens is 242 g/mol. The molecule has 2 heterocycles. The second-order valence-electron chi connectivity index (χ2n) is 4.44. The van der Waals surface area contributed by atoms with Crippen LogP contribution in [0.3, 0.4) is 0 Å². The lowest BCUT2D eigenvalue weighted by Gasteiger charge is -2.00. The monoisotopic (exact) mass is 260 g/mol. The van der Waals surface area contributed by atoms with Crippen LogP contribution in [0.4, 0.5) is 5.82 Å². The molecule has 0 aliphatic carbocycles. The third kappa shape index (κ3) is 4.54. The van der Waals surface area contributed by atoms with E-state index in [2.05, 4.69) is 15.0 Å². The third-order valence-corrected chi connectivity index (χ3v) is 2.74. The highest BCUT2D eigenvalue weighted by Crippen LogP contribution is 2.08. The highest BCUT2D eigenvalue weighted by Gasteiger charge is 2.06. The number of aryl methyl sites for hydroxylation is 2. The number of hydrogen-bond acceptors (Lipinski definition) is 3. The molecule has 1 amide bonds. The average Bonchev–Trinajstić information content (AvgIpc) is 2.81. The standard InChI is InChI=1S/C14H17N3O2/c1-12-11-13(16-19-12)15-14(18)7-3-6-10-17-8-4-2-5-9-17/h2,4-5,8-9,11H,3,6-7,10H2,1H3/p+1. The van der Waals surface area contributed by atoms with Crippen LogP contribution in [0.15, 0.2) is 41.2 Å². The number of nitrogens with one attached hydrogen (secondary N) is 1. The van der Waals surface area contributed by atoms with Gasteiger partial charge in [0.15, 0.2) is 18.2 Å². The summed E-state index contributed by atoms with van der Waals surface area (Å²) in [6, 6.07) is 7.70. The van der Waals surface area contributed by atoms with Crippen molar-refractivity contribution in [2.24, 2.45) is 0 Å². The number of carbonyl (C=O) groups excluding carboxylic acids is 1. The van der Waals surface area contributed by atoms with Gasteiger partial charge >= 0.3 is 0 Å². The summed E-state index contributed by atoms with van der Waals surface area (Å²) in [5.74, 6) is 1.15. The lowest BCUT2D eigenvalue weighted by molar-refractivity contribution is -0.697. The topological polar surface area (TPSA) is 59.0 Å². The molecule has 19 heavy (non-hydrogen) atoms. The minimum Gasteiger partial charge on any atom is -0.360 e. The van der Waals surface area contributed by atoms with Crippen molar-refractivity contribution in [3.63, 3.8) is 0 Å². The quantitative estimate of drug-likeness (QED) is 0.639. The molecule has 0 fully saturated rings. The summed E-state index contributed by atoms with van der Waals surface area (Å²) in [6.07, 6.45) is 6.38. The van der Waals surface area contributed by atoms with E-state index in [1.54, 1.807) is 13.0 Å². The number of carbonyl (C=O) groups is 1. The fourth-order valence-corrected chi connectivity index (χ4v) is 1.79. The smallest absolute Gasteiger partial charge is 0.225 e. The van der Waals surface area contributed by atoms with E-state index in [0.29, 0.717) is 18.0 Å². The molecule has 5 nitrogen and oxygen atoms in total. The Kier molecular flexibility index (Phi) is 4.66. The summed E-state index contributed by atoms with van der Waals surface area (Å²) in [4.78, 5) is 11.6. The fourth-order valence-electron chi connectivity index (χ4n) is 1.79. The Morgan fingerprint density at radius 1 is 1.32 bits per heavy atom. The van der Waals surface area contributed by atoms with Crippen molar-refractivity contribution in [1.82, 2.24) is 5.16 Å². The molecule has 2 aromatic rings. The summed E-state index contributed by atoms with van der Waals surface area (Å²) in [7, 11) is 0. The van der Waals surface area contributed by atoms with Crippen LogP contribution in [0.1, 0.15) is 25.0 Å². The summed E-state index contributed by atoms with van der Waals surface area (Å²) >= 11 is 0. The second kappa shape index (κ2) is 6.68. The molecule has 100 valence electrons. The Labute approximate surface area is 112 Å². The van der Waals surface area contributed by atoms with Gasteiger partial charge in [0, 0.05) is 31.0 Å². The fraction of sp³-hybridized carbons (Fsp3) is 0.357. The number of rotatable bonds is 6. The highest BCUT2D eigenvalue weighted by molar-refractivity contribution is 5.89. The zero-order valence-electron chi connectivity index (χ0n) is 11.0. The van der Waals surface area contributed by atoms with E-state index in [1.807, 2.05) is 30.6 Å².